The van der Waals surface area contributed by atoms with Gasteiger partial charge in [0.15, 0.2) is 0 Å². The first kappa shape index (κ1) is 19.9. The van der Waals surface area contributed by atoms with Gasteiger partial charge in [-0.2, -0.15) is 5.10 Å². The molecule has 1 N–H and O–H groups in total. The van der Waals surface area contributed by atoms with Crippen LogP contribution in [-0.4, -0.2) is 12.1 Å². The maximum absolute atomic E-state index is 12.2. The molecule has 3 aromatic carbocycles. The van der Waals surface area contributed by atoms with E-state index in [-0.39, 0.29) is 5.91 Å². The van der Waals surface area contributed by atoms with Crippen molar-refractivity contribution in [2.45, 2.75) is 13.5 Å². The molecule has 0 bridgehead atoms. The Hall–Kier alpha value is -2.82. The fraction of sp³-hybridized carbons (Fsp3) is 0.0909. The number of rotatable bonds is 6. The van der Waals surface area contributed by atoms with E-state index in [9.17, 15) is 4.79 Å². The highest BCUT2D eigenvalue weighted by Gasteiger charge is 2.06. The normalized spacial score (nSPS) is 10.8. The summed E-state index contributed by atoms with van der Waals surface area (Å²) in [6.07, 6.45) is 1.42. The number of nitrogens with zero attached hydrogens (tertiary/aromatic N) is 1. The Bertz CT molecular complexity index is 964. The number of carbonyl (C=O) groups excluding carboxylic acids is 1. The molecule has 0 aliphatic rings. The molecule has 3 aromatic rings. The number of aryl methyl sites for hydroxylation is 1. The van der Waals surface area contributed by atoms with Gasteiger partial charge in [-0.05, 0) is 48.9 Å². The van der Waals surface area contributed by atoms with Crippen molar-refractivity contribution < 1.29 is 9.53 Å². The van der Waals surface area contributed by atoms with E-state index in [0.717, 1.165) is 5.56 Å². The summed E-state index contributed by atoms with van der Waals surface area (Å²) < 4.78 is 5.74. The van der Waals surface area contributed by atoms with Crippen LogP contribution >= 0.6 is 23.2 Å². The first-order valence-electron chi connectivity index (χ1n) is 8.59. The number of hydrogen-bond donors (Lipinski definition) is 1. The van der Waals surface area contributed by atoms with Gasteiger partial charge in [-0.3, -0.25) is 4.79 Å². The molecule has 0 saturated carbocycles. The van der Waals surface area contributed by atoms with Gasteiger partial charge in [0.05, 0.1) is 16.3 Å². The minimum absolute atomic E-state index is 0.343. The molecular formula is C22H18Cl2N2O2. The number of amides is 1. The van der Waals surface area contributed by atoms with E-state index in [1.165, 1.54) is 11.8 Å². The van der Waals surface area contributed by atoms with E-state index >= 15 is 0 Å². The summed E-state index contributed by atoms with van der Waals surface area (Å²) in [7, 11) is 0. The Labute approximate surface area is 173 Å². The van der Waals surface area contributed by atoms with Crippen LogP contribution in [0, 0.1) is 6.92 Å². The Kier molecular flexibility index (Phi) is 6.69. The fourth-order valence-corrected chi connectivity index (χ4v) is 2.90. The molecule has 0 spiro atoms. The Morgan fingerprint density at radius 2 is 1.64 bits per heavy atom. The molecule has 6 heteroatoms. The number of nitrogens with one attached hydrogen (secondary N) is 1. The van der Waals surface area contributed by atoms with E-state index in [1.54, 1.807) is 42.5 Å². The summed E-state index contributed by atoms with van der Waals surface area (Å²) in [5, 5.41) is 4.84. The third kappa shape index (κ3) is 5.35. The van der Waals surface area contributed by atoms with Crippen molar-refractivity contribution in [3.8, 4) is 5.75 Å². The molecule has 28 heavy (non-hydrogen) atoms. The predicted molar refractivity (Wildman–Crippen MR) is 113 cm³/mol. The van der Waals surface area contributed by atoms with Crippen LogP contribution in [-0.2, 0) is 6.61 Å². The van der Waals surface area contributed by atoms with Gasteiger partial charge in [0, 0.05) is 11.1 Å². The molecule has 0 aromatic heterocycles. The van der Waals surface area contributed by atoms with Crippen molar-refractivity contribution in [2.24, 2.45) is 5.10 Å². The first-order valence-corrected chi connectivity index (χ1v) is 9.34. The Balaban J connectivity index is 1.56. The largest absolute Gasteiger partial charge is 0.489 e. The van der Waals surface area contributed by atoms with Crippen molar-refractivity contribution >= 4 is 35.3 Å². The average molecular weight is 413 g/mol. The molecule has 0 unspecified atom stereocenters. The summed E-state index contributed by atoms with van der Waals surface area (Å²) in [6, 6.07) is 20.1. The summed E-state index contributed by atoms with van der Waals surface area (Å²) >= 11 is 12.1. The van der Waals surface area contributed by atoms with Gasteiger partial charge in [0.25, 0.3) is 5.91 Å². The van der Waals surface area contributed by atoms with Gasteiger partial charge in [0.1, 0.15) is 12.4 Å². The molecular weight excluding hydrogens is 395 g/mol. The van der Waals surface area contributed by atoms with Gasteiger partial charge >= 0.3 is 0 Å². The monoisotopic (exact) mass is 412 g/mol. The van der Waals surface area contributed by atoms with Crippen LogP contribution in [0.4, 0.5) is 0 Å². The van der Waals surface area contributed by atoms with Crippen LogP contribution in [0.1, 0.15) is 27.0 Å². The average Bonchev–Trinajstić information content (AvgIpc) is 2.70. The Morgan fingerprint density at radius 3 is 2.29 bits per heavy atom. The number of benzene rings is 3. The highest BCUT2D eigenvalue weighted by atomic mass is 35.5. The van der Waals surface area contributed by atoms with E-state index in [2.05, 4.69) is 10.5 Å². The summed E-state index contributed by atoms with van der Waals surface area (Å²) in [5.74, 6) is 0.341. The number of carbonyl (C=O) groups is 1. The number of hydrogen-bond acceptors (Lipinski definition) is 3. The fourth-order valence-electron chi connectivity index (χ4n) is 2.41. The molecule has 0 fully saturated rings. The van der Waals surface area contributed by atoms with Gasteiger partial charge in [0.2, 0.25) is 0 Å². The summed E-state index contributed by atoms with van der Waals surface area (Å²) in [6.45, 7) is 2.51. The minimum atomic E-state index is -0.343. The summed E-state index contributed by atoms with van der Waals surface area (Å²) in [4.78, 5) is 12.2. The van der Waals surface area contributed by atoms with Crippen LogP contribution < -0.4 is 10.2 Å². The van der Waals surface area contributed by atoms with Crippen molar-refractivity contribution in [3.63, 3.8) is 0 Å². The Morgan fingerprint density at radius 1 is 1.00 bits per heavy atom. The minimum Gasteiger partial charge on any atom is -0.489 e. The highest BCUT2D eigenvalue weighted by molar-refractivity contribution is 6.38. The van der Waals surface area contributed by atoms with E-state index in [1.807, 2.05) is 31.2 Å². The van der Waals surface area contributed by atoms with Crippen LogP contribution in [0.15, 0.2) is 71.8 Å². The maximum atomic E-state index is 12.2. The molecule has 0 radical (unpaired) electrons. The molecule has 1 amide bonds. The molecule has 3 rings (SSSR count). The number of halogens is 2. The van der Waals surface area contributed by atoms with Gasteiger partial charge in [-0.15, -0.1) is 0 Å². The van der Waals surface area contributed by atoms with E-state index in [0.29, 0.717) is 33.5 Å². The third-order valence-corrected chi connectivity index (χ3v) is 4.66. The molecule has 142 valence electrons. The topological polar surface area (TPSA) is 50.7 Å². The van der Waals surface area contributed by atoms with Gasteiger partial charge < -0.3 is 4.74 Å². The lowest BCUT2D eigenvalue weighted by molar-refractivity contribution is 0.0955. The zero-order valence-corrected chi connectivity index (χ0v) is 16.7. The quantitative estimate of drug-likeness (QED) is 0.420. The lowest BCUT2D eigenvalue weighted by Gasteiger charge is -2.07. The van der Waals surface area contributed by atoms with Gasteiger partial charge in [-0.1, -0.05) is 59.1 Å². The van der Waals surface area contributed by atoms with E-state index < -0.39 is 0 Å². The predicted octanol–water partition coefficient (Wildman–Crippen LogP) is 5.64. The smallest absolute Gasteiger partial charge is 0.271 e. The van der Waals surface area contributed by atoms with Crippen molar-refractivity contribution in [2.75, 3.05) is 0 Å². The van der Waals surface area contributed by atoms with Crippen LogP contribution in [0.2, 0.25) is 10.0 Å². The molecule has 0 atom stereocenters. The van der Waals surface area contributed by atoms with Gasteiger partial charge in [-0.25, -0.2) is 5.43 Å². The second-order valence-electron chi connectivity index (χ2n) is 6.13. The van der Waals surface area contributed by atoms with E-state index in [4.69, 9.17) is 27.9 Å². The van der Waals surface area contributed by atoms with Crippen LogP contribution in [0.3, 0.4) is 0 Å². The van der Waals surface area contributed by atoms with Crippen molar-refractivity contribution in [3.05, 3.63) is 99.0 Å². The van der Waals surface area contributed by atoms with Crippen LogP contribution in [0.5, 0.6) is 5.75 Å². The first-order chi connectivity index (χ1) is 13.5. The molecule has 4 nitrogen and oxygen atoms in total. The second-order valence-corrected chi connectivity index (χ2v) is 6.95. The lowest BCUT2D eigenvalue weighted by atomic mass is 10.2. The molecule has 0 saturated heterocycles. The third-order valence-electron chi connectivity index (χ3n) is 4.00. The highest BCUT2D eigenvalue weighted by Crippen LogP contribution is 2.22. The second kappa shape index (κ2) is 9.40. The van der Waals surface area contributed by atoms with Crippen LogP contribution in [0.25, 0.3) is 0 Å². The zero-order chi connectivity index (χ0) is 19.9. The standard InChI is InChI=1S/C22H18Cl2N2O2/c1-15-5-7-16(8-6-15)14-28-18-11-9-17(10-12-18)22(27)26-25-13-19-20(23)3-2-4-21(19)24/h2-13H,14H2,1H3,(H,26,27)/b25-13+. The zero-order valence-electron chi connectivity index (χ0n) is 15.2. The maximum Gasteiger partial charge on any atom is 0.271 e. The molecule has 0 aliphatic heterocycles. The van der Waals surface area contributed by atoms with Crippen molar-refractivity contribution in [1.82, 2.24) is 5.43 Å². The molecule has 0 heterocycles. The van der Waals surface area contributed by atoms with Crippen molar-refractivity contribution in [1.29, 1.82) is 0 Å². The molecule has 0 aliphatic carbocycles. The summed E-state index contributed by atoms with van der Waals surface area (Å²) in [5.41, 5.74) is 5.76. The number of ether oxygens (including phenoxy) is 1. The SMILES string of the molecule is Cc1ccc(COc2ccc(C(=O)N/N=C/c3c(Cl)cccc3Cl)cc2)cc1. The lowest BCUT2D eigenvalue weighted by Crippen LogP contribution is -2.17. The number of hydrazone groups is 1.